The Morgan fingerprint density at radius 1 is 1.11 bits per heavy atom. The standard InChI is InChI=1S/C22H24N2OS2/c1-14-15(2)27-22-20(14)21(23-13-24-22)26-12-19(25)18-10-8-17(9-11-18)16-6-4-3-5-7-16/h8-11,13,16H,3-7,12H2,1-2H3. The quantitative estimate of drug-likeness (QED) is 0.287. The Kier molecular flexibility index (Phi) is 5.60. The van der Waals surface area contributed by atoms with Crippen LogP contribution >= 0.6 is 23.1 Å². The monoisotopic (exact) mass is 396 g/mol. The molecule has 0 aliphatic heterocycles. The van der Waals surface area contributed by atoms with E-state index in [2.05, 4.69) is 35.9 Å². The molecule has 27 heavy (non-hydrogen) atoms. The molecule has 0 saturated heterocycles. The Morgan fingerprint density at radius 2 is 1.85 bits per heavy atom. The summed E-state index contributed by atoms with van der Waals surface area (Å²) in [5, 5.41) is 2.01. The van der Waals surface area contributed by atoms with Crippen LogP contribution in [0, 0.1) is 13.8 Å². The van der Waals surface area contributed by atoms with Crippen molar-refractivity contribution in [2.45, 2.75) is 56.9 Å². The summed E-state index contributed by atoms with van der Waals surface area (Å²) in [6.45, 7) is 4.21. The second-order valence-corrected chi connectivity index (χ2v) is 9.48. The number of Topliss-reactive ketones (excluding diaryl/α,β-unsaturated/α-hetero) is 1. The van der Waals surface area contributed by atoms with E-state index in [4.69, 9.17) is 0 Å². The van der Waals surface area contributed by atoms with Gasteiger partial charge in [-0.3, -0.25) is 4.79 Å². The van der Waals surface area contributed by atoms with Gasteiger partial charge in [-0.05, 0) is 43.7 Å². The van der Waals surface area contributed by atoms with E-state index < -0.39 is 0 Å². The zero-order chi connectivity index (χ0) is 18.8. The van der Waals surface area contributed by atoms with E-state index in [0.717, 1.165) is 20.8 Å². The zero-order valence-corrected chi connectivity index (χ0v) is 17.5. The predicted octanol–water partition coefficient (Wildman–Crippen LogP) is 6.33. The number of rotatable bonds is 5. The van der Waals surface area contributed by atoms with Gasteiger partial charge >= 0.3 is 0 Å². The first-order chi connectivity index (χ1) is 13.1. The first-order valence-electron chi connectivity index (χ1n) is 9.60. The summed E-state index contributed by atoms with van der Waals surface area (Å²) in [5.74, 6) is 1.24. The maximum atomic E-state index is 12.7. The SMILES string of the molecule is Cc1sc2ncnc(SCC(=O)c3ccc(C4CCCCC4)cc3)c2c1C. The molecular weight excluding hydrogens is 372 g/mol. The second-order valence-electron chi connectivity index (χ2n) is 7.31. The number of carbonyl (C=O) groups is 1. The van der Waals surface area contributed by atoms with E-state index in [1.807, 2.05) is 12.1 Å². The summed E-state index contributed by atoms with van der Waals surface area (Å²) in [5.41, 5.74) is 3.41. The Labute approximate surface area is 168 Å². The number of nitrogens with zero attached hydrogens (tertiary/aromatic N) is 2. The molecule has 0 N–H and O–H groups in total. The molecule has 1 fully saturated rings. The summed E-state index contributed by atoms with van der Waals surface area (Å²) in [6, 6.07) is 8.32. The molecule has 2 aromatic heterocycles. The minimum Gasteiger partial charge on any atom is -0.293 e. The van der Waals surface area contributed by atoms with Crippen molar-refractivity contribution < 1.29 is 4.79 Å². The lowest BCUT2D eigenvalue weighted by atomic mass is 9.84. The van der Waals surface area contributed by atoms with Gasteiger partial charge in [-0.25, -0.2) is 9.97 Å². The lowest BCUT2D eigenvalue weighted by Gasteiger charge is -2.22. The highest BCUT2D eigenvalue weighted by Crippen LogP contribution is 2.35. The smallest absolute Gasteiger partial charge is 0.173 e. The van der Waals surface area contributed by atoms with Crippen molar-refractivity contribution in [3.8, 4) is 0 Å². The molecule has 1 aliphatic carbocycles. The molecule has 0 unspecified atom stereocenters. The highest BCUT2D eigenvalue weighted by molar-refractivity contribution is 8.00. The molecule has 0 spiro atoms. The molecule has 4 rings (SSSR count). The van der Waals surface area contributed by atoms with Gasteiger partial charge < -0.3 is 0 Å². The predicted molar refractivity (Wildman–Crippen MR) is 114 cm³/mol. The fraction of sp³-hybridized carbons (Fsp3) is 0.409. The van der Waals surface area contributed by atoms with Crippen LogP contribution in [0.3, 0.4) is 0 Å². The van der Waals surface area contributed by atoms with Crippen LogP contribution in [0.5, 0.6) is 0 Å². The van der Waals surface area contributed by atoms with E-state index in [0.29, 0.717) is 11.7 Å². The number of carbonyl (C=O) groups excluding carboxylic acids is 1. The number of hydrogen-bond donors (Lipinski definition) is 0. The average Bonchev–Trinajstić information content (AvgIpc) is 3.01. The third-order valence-electron chi connectivity index (χ3n) is 5.58. The summed E-state index contributed by atoms with van der Waals surface area (Å²) < 4.78 is 0. The lowest BCUT2D eigenvalue weighted by molar-refractivity contribution is 0.102. The van der Waals surface area contributed by atoms with Crippen LogP contribution in [0.2, 0.25) is 0 Å². The van der Waals surface area contributed by atoms with Crippen molar-refractivity contribution >= 4 is 39.1 Å². The molecule has 5 heteroatoms. The Balaban J connectivity index is 1.45. The molecule has 0 bridgehead atoms. The Bertz CT molecular complexity index is 956. The van der Waals surface area contributed by atoms with E-state index in [-0.39, 0.29) is 5.78 Å². The van der Waals surface area contributed by atoms with Crippen molar-refractivity contribution in [1.29, 1.82) is 0 Å². The van der Waals surface area contributed by atoms with Crippen molar-refractivity contribution in [3.63, 3.8) is 0 Å². The molecule has 0 atom stereocenters. The summed E-state index contributed by atoms with van der Waals surface area (Å²) in [4.78, 5) is 23.7. The minimum absolute atomic E-state index is 0.159. The molecule has 1 saturated carbocycles. The first kappa shape index (κ1) is 18.6. The third kappa shape index (κ3) is 3.94. The van der Waals surface area contributed by atoms with Crippen LogP contribution in [0.4, 0.5) is 0 Å². The molecular formula is C22H24N2OS2. The van der Waals surface area contributed by atoms with Gasteiger partial charge in [-0.1, -0.05) is 55.3 Å². The van der Waals surface area contributed by atoms with E-state index in [9.17, 15) is 4.79 Å². The van der Waals surface area contributed by atoms with Gasteiger partial charge in [0.1, 0.15) is 16.2 Å². The molecule has 3 nitrogen and oxygen atoms in total. The van der Waals surface area contributed by atoms with Gasteiger partial charge in [-0.2, -0.15) is 0 Å². The molecule has 0 radical (unpaired) electrons. The van der Waals surface area contributed by atoms with Crippen LogP contribution in [0.25, 0.3) is 10.2 Å². The molecule has 1 aromatic carbocycles. The Hall–Kier alpha value is -1.72. The number of thiophene rings is 1. The van der Waals surface area contributed by atoms with Crippen molar-refractivity contribution in [2.75, 3.05) is 5.75 Å². The zero-order valence-electron chi connectivity index (χ0n) is 15.8. The van der Waals surface area contributed by atoms with Crippen molar-refractivity contribution in [1.82, 2.24) is 9.97 Å². The van der Waals surface area contributed by atoms with E-state index >= 15 is 0 Å². The molecule has 0 amide bonds. The summed E-state index contributed by atoms with van der Waals surface area (Å²) in [6.07, 6.45) is 8.19. The fourth-order valence-electron chi connectivity index (χ4n) is 3.85. The molecule has 3 aromatic rings. The Morgan fingerprint density at radius 3 is 2.59 bits per heavy atom. The molecule has 2 heterocycles. The highest BCUT2D eigenvalue weighted by Gasteiger charge is 2.17. The van der Waals surface area contributed by atoms with Crippen molar-refractivity contribution in [2.24, 2.45) is 0 Å². The summed E-state index contributed by atoms with van der Waals surface area (Å²) >= 11 is 3.21. The van der Waals surface area contributed by atoms with Crippen LogP contribution < -0.4 is 0 Å². The van der Waals surface area contributed by atoms with E-state index in [1.165, 1.54) is 59.9 Å². The maximum absolute atomic E-state index is 12.7. The van der Waals surface area contributed by atoms with Crippen LogP contribution in [-0.4, -0.2) is 21.5 Å². The number of aryl methyl sites for hydroxylation is 2. The van der Waals surface area contributed by atoms with Gasteiger partial charge in [0.25, 0.3) is 0 Å². The number of ketones is 1. The number of fused-ring (bicyclic) bond motifs is 1. The van der Waals surface area contributed by atoms with E-state index in [1.54, 1.807) is 17.7 Å². The normalized spacial score (nSPS) is 15.3. The first-order valence-corrected chi connectivity index (χ1v) is 11.4. The van der Waals surface area contributed by atoms with Crippen molar-refractivity contribution in [3.05, 3.63) is 52.2 Å². The minimum atomic E-state index is 0.159. The molecule has 1 aliphatic rings. The third-order valence-corrected chi connectivity index (χ3v) is 7.68. The second kappa shape index (κ2) is 8.11. The highest BCUT2D eigenvalue weighted by atomic mass is 32.2. The number of thioether (sulfide) groups is 1. The number of aromatic nitrogens is 2. The number of hydrogen-bond acceptors (Lipinski definition) is 5. The summed E-state index contributed by atoms with van der Waals surface area (Å²) in [7, 11) is 0. The lowest BCUT2D eigenvalue weighted by Crippen LogP contribution is -2.06. The number of benzene rings is 1. The largest absolute Gasteiger partial charge is 0.293 e. The van der Waals surface area contributed by atoms with Crippen LogP contribution in [-0.2, 0) is 0 Å². The van der Waals surface area contributed by atoms with Gasteiger partial charge in [0.15, 0.2) is 5.78 Å². The molecule has 140 valence electrons. The van der Waals surface area contributed by atoms with Crippen LogP contribution in [0.1, 0.15) is 64.4 Å². The van der Waals surface area contributed by atoms with Gasteiger partial charge in [0, 0.05) is 15.8 Å². The van der Waals surface area contributed by atoms with Gasteiger partial charge in [-0.15, -0.1) is 11.3 Å². The van der Waals surface area contributed by atoms with Crippen LogP contribution in [0.15, 0.2) is 35.6 Å². The average molecular weight is 397 g/mol. The van der Waals surface area contributed by atoms with Gasteiger partial charge in [0.05, 0.1) is 5.75 Å². The maximum Gasteiger partial charge on any atom is 0.173 e. The fourth-order valence-corrected chi connectivity index (χ4v) is 5.87. The van der Waals surface area contributed by atoms with Gasteiger partial charge in [0.2, 0.25) is 0 Å². The topological polar surface area (TPSA) is 42.9 Å².